The highest BCUT2D eigenvalue weighted by molar-refractivity contribution is 14.1. The topological polar surface area (TPSA) is 88.7 Å². The second kappa shape index (κ2) is 11.3. The molecule has 6 rings (SSSR count). The molecule has 1 aliphatic heterocycles. The minimum Gasteiger partial charge on any atom is -0.478 e. The molecular formula is C27H24Cl2IN3O4S2. The summed E-state index contributed by atoms with van der Waals surface area (Å²) in [5.41, 5.74) is 3.39. The molecule has 12 heteroatoms. The number of carboxylic acid groups (broad SMARTS) is 1. The van der Waals surface area contributed by atoms with E-state index in [0.29, 0.717) is 39.4 Å². The summed E-state index contributed by atoms with van der Waals surface area (Å²) >= 11 is 18.5. The van der Waals surface area contributed by atoms with E-state index in [-0.39, 0.29) is 16.2 Å². The molecular weight excluding hydrogens is 692 g/mol. The number of carbonyl (C=O) groups is 1. The van der Waals surface area contributed by atoms with E-state index in [1.807, 2.05) is 23.6 Å². The first kappa shape index (κ1) is 27.5. The average molecular weight is 716 g/mol. The van der Waals surface area contributed by atoms with Gasteiger partial charge in [0, 0.05) is 40.3 Å². The number of thiazole rings is 1. The zero-order valence-electron chi connectivity index (χ0n) is 20.8. The van der Waals surface area contributed by atoms with Crippen LogP contribution in [-0.2, 0) is 11.3 Å². The van der Waals surface area contributed by atoms with Crippen LogP contribution in [0.3, 0.4) is 0 Å². The first-order valence-electron chi connectivity index (χ1n) is 12.5. The Morgan fingerprint density at radius 1 is 1.23 bits per heavy atom. The number of nitrogens with zero attached hydrogens (tertiary/aromatic N) is 3. The van der Waals surface area contributed by atoms with Crippen molar-refractivity contribution in [3.63, 3.8) is 0 Å². The fourth-order valence-electron chi connectivity index (χ4n) is 4.97. The van der Waals surface area contributed by atoms with Crippen molar-refractivity contribution < 1.29 is 19.2 Å². The van der Waals surface area contributed by atoms with Gasteiger partial charge in [-0.2, -0.15) is 0 Å². The quantitative estimate of drug-likeness (QED) is 0.111. The third-order valence-corrected chi connectivity index (χ3v) is 10.6. The molecule has 3 atom stereocenters. The third kappa shape index (κ3) is 5.60. The average Bonchev–Trinajstić information content (AvgIpc) is 3.27. The molecule has 1 aromatic carbocycles. The Labute approximate surface area is 257 Å². The van der Waals surface area contributed by atoms with Gasteiger partial charge in [-0.25, -0.2) is 9.78 Å². The lowest BCUT2D eigenvalue weighted by Gasteiger charge is -2.41. The monoisotopic (exact) mass is 715 g/mol. The molecule has 3 aromatic heterocycles. The minimum absolute atomic E-state index is 0.0597. The van der Waals surface area contributed by atoms with Crippen molar-refractivity contribution in [2.24, 2.45) is 0 Å². The predicted octanol–water partition coefficient (Wildman–Crippen LogP) is 8.74. The van der Waals surface area contributed by atoms with Crippen molar-refractivity contribution in [1.82, 2.24) is 10.1 Å². The largest absolute Gasteiger partial charge is 0.478 e. The number of hydrogen-bond acceptors (Lipinski definition) is 8. The molecule has 2 aliphatic rings. The van der Waals surface area contributed by atoms with Crippen LogP contribution in [0.15, 0.2) is 39.5 Å². The molecule has 1 saturated heterocycles. The summed E-state index contributed by atoms with van der Waals surface area (Å²) in [4.78, 5) is 19.3. The number of alkyl halides is 1. The van der Waals surface area contributed by atoms with Crippen molar-refractivity contribution in [1.29, 1.82) is 0 Å². The number of rotatable bonds is 8. The van der Waals surface area contributed by atoms with Crippen molar-refractivity contribution in [2.45, 2.75) is 61.3 Å². The number of hydrogen-bond donors (Lipinski definition) is 1. The number of aromatic nitrogens is 2. The molecule has 0 radical (unpaired) electrons. The van der Waals surface area contributed by atoms with E-state index in [1.165, 1.54) is 11.3 Å². The fraction of sp³-hybridized carbons (Fsp3) is 0.370. The van der Waals surface area contributed by atoms with Crippen LogP contribution in [0.2, 0.25) is 10.0 Å². The molecule has 2 fully saturated rings. The SMILES string of the molecule is C[C@@H]1C[C@H](OCc2c(-c3c(Cl)cccc3Cl)noc2C2CC2)C[C@H](I)N1c1nc(-c2cc(C(=O)O)cs2)cs1. The minimum atomic E-state index is -0.923. The molecule has 39 heavy (non-hydrogen) atoms. The zero-order chi connectivity index (χ0) is 27.3. The van der Waals surface area contributed by atoms with Crippen LogP contribution in [0, 0.1) is 0 Å². The van der Waals surface area contributed by atoms with E-state index < -0.39 is 5.97 Å². The number of ether oxygens (including phenoxy) is 1. The lowest BCUT2D eigenvalue weighted by molar-refractivity contribution is 0.0161. The van der Waals surface area contributed by atoms with E-state index in [9.17, 15) is 9.90 Å². The smallest absolute Gasteiger partial charge is 0.336 e. The van der Waals surface area contributed by atoms with Crippen LogP contribution < -0.4 is 4.90 Å². The molecule has 1 saturated carbocycles. The summed E-state index contributed by atoms with van der Waals surface area (Å²) in [5, 5.41) is 19.3. The van der Waals surface area contributed by atoms with Crippen molar-refractivity contribution >= 4 is 79.6 Å². The molecule has 1 N–H and O–H groups in total. The maximum absolute atomic E-state index is 11.3. The van der Waals surface area contributed by atoms with Gasteiger partial charge in [-0.1, -0.05) is 57.0 Å². The summed E-state index contributed by atoms with van der Waals surface area (Å²) in [6.45, 7) is 2.58. The molecule has 0 bridgehead atoms. The van der Waals surface area contributed by atoms with Crippen molar-refractivity contribution in [3.8, 4) is 21.8 Å². The van der Waals surface area contributed by atoms with Crippen LogP contribution in [0.5, 0.6) is 0 Å². The highest BCUT2D eigenvalue weighted by Crippen LogP contribution is 2.46. The van der Waals surface area contributed by atoms with Gasteiger partial charge in [-0.3, -0.25) is 0 Å². The summed E-state index contributed by atoms with van der Waals surface area (Å²) in [7, 11) is 0. The number of aromatic carboxylic acids is 1. The number of halogens is 3. The Hall–Kier alpha value is -1.70. The summed E-state index contributed by atoms with van der Waals surface area (Å²) in [5.74, 6) is 0.333. The lowest BCUT2D eigenvalue weighted by Crippen LogP contribution is -2.47. The van der Waals surface area contributed by atoms with E-state index in [0.717, 1.165) is 52.7 Å². The number of anilines is 1. The summed E-state index contributed by atoms with van der Waals surface area (Å²) in [6, 6.07) is 7.34. The number of piperidine rings is 1. The third-order valence-electron chi connectivity index (χ3n) is 7.08. The normalized spacial score (nSPS) is 21.4. The molecule has 0 spiro atoms. The van der Waals surface area contributed by atoms with E-state index >= 15 is 0 Å². The molecule has 7 nitrogen and oxygen atoms in total. The second-order valence-corrected chi connectivity index (χ2v) is 13.9. The number of thiophene rings is 1. The Bertz CT molecular complexity index is 1490. The predicted molar refractivity (Wildman–Crippen MR) is 164 cm³/mol. The van der Waals surface area contributed by atoms with Gasteiger partial charge in [-0.05, 0) is 44.4 Å². The molecule has 4 heterocycles. The standard InChI is InChI=1S/C27H24Cl2IN3O4S2/c1-13-7-16(9-22(30)33(13)27-31-20(12-39-27)21-8-15(11-38-21)26(34)35)36-10-17-24(32-37-25(17)14-5-6-14)23-18(28)3-2-4-19(23)29/h2-4,8,11-14,16,22H,5-7,9-10H2,1H3,(H,34,35)/t13-,16+,22-/m1/s1. The Kier molecular flexibility index (Phi) is 7.95. The fourth-order valence-corrected chi connectivity index (χ4v) is 9.01. The molecule has 204 valence electrons. The first-order valence-corrected chi connectivity index (χ1v) is 16.3. The zero-order valence-corrected chi connectivity index (χ0v) is 26.1. The van der Waals surface area contributed by atoms with Crippen molar-refractivity contribution in [2.75, 3.05) is 4.90 Å². The van der Waals surface area contributed by atoms with Gasteiger partial charge >= 0.3 is 5.97 Å². The summed E-state index contributed by atoms with van der Waals surface area (Å²) < 4.78 is 12.5. The first-order chi connectivity index (χ1) is 18.8. The Balaban J connectivity index is 1.16. The van der Waals surface area contributed by atoms with Crippen LogP contribution in [0.4, 0.5) is 5.13 Å². The number of benzene rings is 1. The molecule has 1 aliphatic carbocycles. The Morgan fingerprint density at radius 3 is 2.67 bits per heavy atom. The molecule has 0 unspecified atom stereocenters. The maximum Gasteiger partial charge on any atom is 0.336 e. The van der Waals surface area contributed by atoms with Crippen LogP contribution in [-0.4, -0.2) is 37.4 Å². The van der Waals surface area contributed by atoms with Crippen LogP contribution in [0.1, 0.15) is 60.2 Å². The highest BCUT2D eigenvalue weighted by Gasteiger charge is 2.37. The van der Waals surface area contributed by atoms with Crippen LogP contribution in [0.25, 0.3) is 21.8 Å². The van der Waals surface area contributed by atoms with E-state index in [2.05, 4.69) is 39.6 Å². The Morgan fingerprint density at radius 2 is 2.00 bits per heavy atom. The molecule has 4 aromatic rings. The van der Waals surface area contributed by atoms with Gasteiger partial charge in [0.2, 0.25) is 0 Å². The maximum atomic E-state index is 11.3. The van der Waals surface area contributed by atoms with Gasteiger partial charge < -0.3 is 19.3 Å². The summed E-state index contributed by atoms with van der Waals surface area (Å²) in [6.07, 6.45) is 3.92. The van der Waals surface area contributed by atoms with E-state index in [4.69, 9.17) is 37.4 Å². The van der Waals surface area contributed by atoms with Gasteiger partial charge in [-0.15, -0.1) is 22.7 Å². The van der Waals surface area contributed by atoms with Crippen LogP contribution >= 0.6 is 68.5 Å². The van der Waals surface area contributed by atoms with Gasteiger partial charge in [0.05, 0.1) is 42.9 Å². The highest BCUT2D eigenvalue weighted by atomic mass is 127. The lowest BCUT2D eigenvalue weighted by atomic mass is 10.0. The van der Waals surface area contributed by atoms with E-state index in [1.54, 1.807) is 22.8 Å². The van der Waals surface area contributed by atoms with Crippen molar-refractivity contribution in [3.05, 3.63) is 62.0 Å². The van der Waals surface area contributed by atoms with Gasteiger partial charge in [0.15, 0.2) is 5.13 Å². The van der Waals surface area contributed by atoms with Gasteiger partial charge in [0.1, 0.15) is 11.5 Å². The molecule has 0 amide bonds. The van der Waals surface area contributed by atoms with Gasteiger partial charge in [0.25, 0.3) is 0 Å². The second-order valence-electron chi connectivity index (χ2n) is 9.86. The number of carboxylic acids is 1.